The molecule has 106 valence electrons. The lowest BCUT2D eigenvalue weighted by molar-refractivity contribution is 0.126. The lowest BCUT2D eigenvalue weighted by atomic mass is 9.83. The summed E-state index contributed by atoms with van der Waals surface area (Å²) in [4.78, 5) is 2.80. The molecule has 2 fully saturated rings. The summed E-state index contributed by atoms with van der Waals surface area (Å²) >= 11 is 0. The lowest BCUT2D eigenvalue weighted by Gasteiger charge is -2.38. The maximum absolute atomic E-state index is 3.73. The fourth-order valence-corrected chi connectivity index (χ4v) is 3.67. The molecule has 1 heterocycles. The summed E-state index contributed by atoms with van der Waals surface area (Å²) in [6.45, 7) is 10.9. The van der Waals surface area contributed by atoms with Crippen molar-refractivity contribution in [1.82, 2.24) is 10.2 Å². The molecule has 0 aromatic heterocycles. The minimum absolute atomic E-state index is 0.705. The first-order chi connectivity index (χ1) is 8.70. The predicted octanol–water partition coefficient (Wildman–Crippen LogP) is 3.28. The number of hydrogen-bond donors (Lipinski definition) is 1. The minimum Gasteiger partial charge on any atom is -0.312 e. The molecule has 2 nitrogen and oxygen atoms in total. The molecule has 1 atom stereocenters. The zero-order valence-electron chi connectivity index (χ0n) is 12.6. The van der Waals surface area contributed by atoms with E-state index in [4.69, 9.17) is 0 Å². The van der Waals surface area contributed by atoms with Crippen LogP contribution in [0.15, 0.2) is 0 Å². The van der Waals surface area contributed by atoms with Gasteiger partial charge >= 0.3 is 0 Å². The van der Waals surface area contributed by atoms with Crippen molar-refractivity contribution in [2.75, 3.05) is 19.6 Å². The van der Waals surface area contributed by atoms with E-state index in [0.29, 0.717) is 6.04 Å². The van der Waals surface area contributed by atoms with E-state index < -0.39 is 0 Å². The second-order valence-electron chi connectivity index (χ2n) is 6.74. The lowest BCUT2D eigenvalue weighted by Crippen LogP contribution is -2.46. The summed E-state index contributed by atoms with van der Waals surface area (Å²) in [5.41, 5.74) is 0. The smallest absolute Gasteiger partial charge is 0.0218 e. The van der Waals surface area contributed by atoms with Crippen molar-refractivity contribution in [3.8, 4) is 0 Å². The Morgan fingerprint density at radius 1 is 1.17 bits per heavy atom. The van der Waals surface area contributed by atoms with Crippen LogP contribution in [0.25, 0.3) is 0 Å². The maximum Gasteiger partial charge on any atom is 0.0218 e. The molecule has 1 N–H and O–H groups in total. The van der Waals surface area contributed by atoms with E-state index in [2.05, 4.69) is 31.0 Å². The van der Waals surface area contributed by atoms with Crippen molar-refractivity contribution in [1.29, 1.82) is 0 Å². The Kier molecular flexibility index (Phi) is 5.50. The topological polar surface area (TPSA) is 15.3 Å². The second kappa shape index (κ2) is 6.91. The van der Waals surface area contributed by atoms with E-state index in [1.165, 1.54) is 58.2 Å². The second-order valence-corrected chi connectivity index (χ2v) is 6.74. The highest BCUT2D eigenvalue weighted by molar-refractivity contribution is 4.85. The van der Waals surface area contributed by atoms with Gasteiger partial charge in [0, 0.05) is 18.6 Å². The third-order valence-corrected chi connectivity index (χ3v) is 5.17. The van der Waals surface area contributed by atoms with Crippen molar-refractivity contribution in [2.24, 2.45) is 11.8 Å². The normalized spacial score (nSPS) is 35.7. The molecule has 1 aliphatic heterocycles. The van der Waals surface area contributed by atoms with Gasteiger partial charge in [-0.15, -0.1) is 0 Å². The third kappa shape index (κ3) is 3.71. The van der Waals surface area contributed by atoms with Crippen molar-refractivity contribution in [3.05, 3.63) is 0 Å². The van der Waals surface area contributed by atoms with Gasteiger partial charge in [-0.1, -0.05) is 27.2 Å². The molecular formula is C16H32N2. The molecular weight excluding hydrogens is 220 g/mol. The average Bonchev–Trinajstić information content (AvgIpc) is 2.65. The highest BCUT2D eigenvalue weighted by Crippen LogP contribution is 2.30. The summed E-state index contributed by atoms with van der Waals surface area (Å²) in [6, 6.07) is 1.59. The van der Waals surface area contributed by atoms with Crippen LogP contribution in [-0.4, -0.2) is 36.6 Å². The van der Waals surface area contributed by atoms with Gasteiger partial charge in [0.1, 0.15) is 0 Å². The van der Waals surface area contributed by atoms with Gasteiger partial charge in [0.25, 0.3) is 0 Å². The summed E-state index contributed by atoms with van der Waals surface area (Å²) in [5, 5.41) is 3.73. The number of rotatable bonds is 3. The molecule has 0 amide bonds. The highest BCUT2D eigenvalue weighted by Gasteiger charge is 2.28. The van der Waals surface area contributed by atoms with E-state index in [9.17, 15) is 0 Å². The Labute approximate surface area is 114 Å². The van der Waals surface area contributed by atoms with Crippen molar-refractivity contribution in [2.45, 2.75) is 71.4 Å². The van der Waals surface area contributed by atoms with Gasteiger partial charge in [-0.05, 0) is 57.0 Å². The van der Waals surface area contributed by atoms with Crippen LogP contribution in [0.3, 0.4) is 0 Å². The maximum atomic E-state index is 3.73. The zero-order chi connectivity index (χ0) is 13.0. The van der Waals surface area contributed by atoms with Gasteiger partial charge in [-0.25, -0.2) is 0 Å². The summed E-state index contributed by atoms with van der Waals surface area (Å²) < 4.78 is 0. The van der Waals surface area contributed by atoms with Gasteiger partial charge < -0.3 is 5.32 Å². The van der Waals surface area contributed by atoms with Gasteiger partial charge in [0.2, 0.25) is 0 Å². The van der Waals surface area contributed by atoms with Crippen LogP contribution in [0.1, 0.15) is 59.3 Å². The largest absolute Gasteiger partial charge is 0.312 e. The SMILES string of the molecule is CCC1CCC(N2CCCNC(C(C)C)C2)CC1. The molecule has 18 heavy (non-hydrogen) atoms. The molecule has 0 aromatic rings. The molecule has 0 spiro atoms. The van der Waals surface area contributed by atoms with Crippen LogP contribution in [0.4, 0.5) is 0 Å². The molecule has 0 radical (unpaired) electrons. The van der Waals surface area contributed by atoms with Crippen LogP contribution in [0.2, 0.25) is 0 Å². The van der Waals surface area contributed by atoms with E-state index in [-0.39, 0.29) is 0 Å². The number of nitrogens with zero attached hydrogens (tertiary/aromatic N) is 1. The van der Waals surface area contributed by atoms with E-state index in [1.807, 2.05) is 0 Å². The van der Waals surface area contributed by atoms with Gasteiger partial charge in [0.15, 0.2) is 0 Å². The predicted molar refractivity (Wildman–Crippen MR) is 78.9 cm³/mol. The Morgan fingerprint density at radius 2 is 1.89 bits per heavy atom. The molecule has 1 saturated heterocycles. The van der Waals surface area contributed by atoms with Gasteiger partial charge in [-0.2, -0.15) is 0 Å². The van der Waals surface area contributed by atoms with Gasteiger partial charge in [-0.3, -0.25) is 4.90 Å². The monoisotopic (exact) mass is 252 g/mol. The Balaban J connectivity index is 1.87. The van der Waals surface area contributed by atoms with Crippen LogP contribution >= 0.6 is 0 Å². The van der Waals surface area contributed by atoms with Crippen molar-refractivity contribution >= 4 is 0 Å². The first-order valence-electron chi connectivity index (χ1n) is 8.18. The quantitative estimate of drug-likeness (QED) is 0.829. The Hall–Kier alpha value is -0.0800. The van der Waals surface area contributed by atoms with Crippen LogP contribution in [0.5, 0.6) is 0 Å². The van der Waals surface area contributed by atoms with E-state index in [1.54, 1.807) is 0 Å². The summed E-state index contributed by atoms with van der Waals surface area (Å²) in [7, 11) is 0. The fraction of sp³-hybridized carbons (Fsp3) is 1.00. The van der Waals surface area contributed by atoms with Crippen LogP contribution < -0.4 is 5.32 Å². The van der Waals surface area contributed by atoms with Crippen LogP contribution in [-0.2, 0) is 0 Å². The molecule has 2 heteroatoms. The third-order valence-electron chi connectivity index (χ3n) is 5.17. The first kappa shape index (κ1) is 14.3. The standard InChI is InChI=1S/C16H32N2/c1-4-14-6-8-15(9-7-14)18-11-5-10-17-16(12-18)13(2)3/h13-17H,4-12H2,1-3H3. The van der Waals surface area contributed by atoms with Crippen molar-refractivity contribution in [3.63, 3.8) is 0 Å². The first-order valence-corrected chi connectivity index (χ1v) is 8.18. The van der Waals surface area contributed by atoms with E-state index in [0.717, 1.165) is 17.9 Å². The minimum atomic E-state index is 0.705. The molecule has 0 aromatic carbocycles. The number of nitrogens with one attached hydrogen (secondary N) is 1. The van der Waals surface area contributed by atoms with Crippen LogP contribution in [0, 0.1) is 11.8 Å². The summed E-state index contributed by atoms with van der Waals surface area (Å²) in [5.74, 6) is 1.78. The highest BCUT2D eigenvalue weighted by atomic mass is 15.2. The Morgan fingerprint density at radius 3 is 2.50 bits per heavy atom. The molecule has 2 rings (SSSR count). The number of hydrogen-bond acceptors (Lipinski definition) is 2. The molecule has 2 aliphatic rings. The van der Waals surface area contributed by atoms with Gasteiger partial charge in [0.05, 0.1) is 0 Å². The molecule has 1 saturated carbocycles. The van der Waals surface area contributed by atoms with Crippen molar-refractivity contribution < 1.29 is 0 Å². The molecule has 1 aliphatic carbocycles. The molecule has 1 unspecified atom stereocenters. The summed E-state index contributed by atoms with van der Waals surface area (Å²) in [6.07, 6.45) is 8.56. The fourth-order valence-electron chi connectivity index (χ4n) is 3.67. The average molecular weight is 252 g/mol. The zero-order valence-corrected chi connectivity index (χ0v) is 12.6. The van der Waals surface area contributed by atoms with E-state index >= 15 is 0 Å². The molecule has 0 bridgehead atoms. The Bertz CT molecular complexity index is 231.